The summed E-state index contributed by atoms with van der Waals surface area (Å²) in [5, 5.41) is 10.4. The maximum absolute atomic E-state index is 12.2. The zero-order valence-electron chi connectivity index (χ0n) is 26.1. The molecule has 0 aliphatic carbocycles. The normalized spacial score (nSPS) is 21.9. The van der Waals surface area contributed by atoms with Crippen LogP contribution in [0, 0.1) is 26.2 Å². The van der Waals surface area contributed by atoms with Crippen molar-refractivity contribution in [3.63, 3.8) is 0 Å². The van der Waals surface area contributed by atoms with E-state index in [1.165, 1.54) is 17.5 Å². The smallest absolute Gasteiger partial charge is 0.264 e. The SMILES string of the molecule is Cc1c(C)c2c(c(C)c1OCc1ccccc1)CCC(C)(C[N+]1(Oc3cccc(C=C4SC(=N)NC4=O)c3)CCCCC1)O2. The van der Waals surface area contributed by atoms with Crippen LogP contribution < -0.4 is 19.6 Å². The molecule has 1 amide bonds. The highest BCUT2D eigenvalue weighted by Gasteiger charge is 2.46. The van der Waals surface area contributed by atoms with E-state index in [4.69, 9.17) is 19.7 Å². The van der Waals surface area contributed by atoms with Crippen LogP contribution in [0.25, 0.3) is 6.08 Å². The van der Waals surface area contributed by atoms with Crippen LogP contribution in [0.5, 0.6) is 17.2 Å². The molecular weight excluding hydrogens is 570 g/mol. The molecule has 3 aromatic rings. The average molecular weight is 613 g/mol. The Kier molecular flexibility index (Phi) is 8.49. The Bertz CT molecular complexity index is 1610. The lowest BCUT2D eigenvalue weighted by Gasteiger charge is -2.45. The number of fused-ring (bicyclic) bond motifs is 1. The van der Waals surface area contributed by atoms with Gasteiger partial charge in [-0.2, -0.15) is 0 Å². The van der Waals surface area contributed by atoms with E-state index in [1.807, 2.05) is 48.5 Å². The van der Waals surface area contributed by atoms with E-state index in [-0.39, 0.29) is 16.7 Å². The van der Waals surface area contributed by atoms with Crippen molar-refractivity contribution in [2.24, 2.45) is 0 Å². The molecule has 2 fully saturated rings. The second kappa shape index (κ2) is 12.3. The van der Waals surface area contributed by atoms with Gasteiger partial charge in [-0.05, 0) is 105 Å². The van der Waals surface area contributed by atoms with E-state index in [0.717, 1.165) is 96.6 Å². The first kappa shape index (κ1) is 30.3. The molecule has 3 aromatic carbocycles. The molecule has 0 bridgehead atoms. The number of carbonyl (C=O) groups is 1. The van der Waals surface area contributed by atoms with E-state index < -0.39 is 0 Å². The highest BCUT2D eigenvalue weighted by atomic mass is 32.2. The van der Waals surface area contributed by atoms with Crippen LogP contribution >= 0.6 is 11.8 Å². The van der Waals surface area contributed by atoms with Crippen LogP contribution in [0.2, 0.25) is 0 Å². The van der Waals surface area contributed by atoms with Crippen LogP contribution in [0.3, 0.4) is 0 Å². The standard InChI is InChI=1S/C36H41N3O4S/c1-24-25(2)33-30(26(3)32(24)41-22-27-12-7-5-8-13-27)16-17-36(4,42-33)23-39(18-9-6-10-19-39)43-29-15-11-14-28(20-29)21-31-34(40)38-35(37)44-31/h5,7-8,11-15,20-21H,6,9-10,16-19,22-23H2,1-4H3,(H-,37,38,40)/p+1. The van der Waals surface area contributed by atoms with E-state index in [2.05, 4.69) is 45.1 Å². The number of hydroxylamine groups is 3. The summed E-state index contributed by atoms with van der Waals surface area (Å²) in [6.07, 6.45) is 7.07. The van der Waals surface area contributed by atoms with E-state index in [1.54, 1.807) is 0 Å². The molecule has 7 nitrogen and oxygen atoms in total. The second-order valence-corrected chi connectivity index (χ2v) is 13.7. The van der Waals surface area contributed by atoms with Gasteiger partial charge >= 0.3 is 0 Å². The molecule has 230 valence electrons. The number of amidine groups is 1. The molecule has 2 saturated heterocycles. The first-order chi connectivity index (χ1) is 21.1. The minimum atomic E-state index is -0.390. The second-order valence-electron chi connectivity index (χ2n) is 12.6. The van der Waals surface area contributed by atoms with E-state index in [9.17, 15) is 4.79 Å². The predicted molar refractivity (Wildman–Crippen MR) is 176 cm³/mol. The highest BCUT2D eigenvalue weighted by molar-refractivity contribution is 8.18. The molecule has 3 aliphatic heterocycles. The summed E-state index contributed by atoms with van der Waals surface area (Å²) >= 11 is 1.15. The van der Waals surface area contributed by atoms with Crippen molar-refractivity contribution in [3.05, 3.63) is 92.9 Å². The fraction of sp³-hybridized carbons (Fsp3) is 0.389. The number of quaternary nitrogens is 1. The molecule has 3 heterocycles. The van der Waals surface area contributed by atoms with Gasteiger partial charge in [-0.1, -0.05) is 42.5 Å². The number of carbonyl (C=O) groups excluding carboxylic acids is 1. The van der Waals surface area contributed by atoms with Crippen molar-refractivity contribution in [1.29, 1.82) is 5.41 Å². The number of ether oxygens (including phenoxy) is 2. The summed E-state index contributed by atoms with van der Waals surface area (Å²) in [6, 6.07) is 18.2. The maximum Gasteiger partial charge on any atom is 0.264 e. The number of rotatable bonds is 8. The van der Waals surface area contributed by atoms with Crippen LogP contribution in [0.4, 0.5) is 0 Å². The molecule has 6 rings (SSSR count). The molecule has 0 radical (unpaired) electrons. The number of amides is 1. The summed E-state index contributed by atoms with van der Waals surface area (Å²) < 4.78 is 13.9. The third-order valence-electron chi connectivity index (χ3n) is 9.16. The number of thioether (sulfide) groups is 1. The van der Waals surface area contributed by atoms with Crippen LogP contribution in [0.15, 0.2) is 59.5 Å². The number of nitrogens with zero attached hydrogens (tertiary/aromatic N) is 1. The number of piperidine rings is 1. The van der Waals surface area contributed by atoms with E-state index >= 15 is 0 Å². The Morgan fingerprint density at radius 3 is 2.52 bits per heavy atom. The maximum atomic E-state index is 12.2. The topological polar surface area (TPSA) is 80.6 Å². The largest absolute Gasteiger partial charge is 0.488 e. The van der Waals surface area contributed by atoms with Gasteiger partial charge in [0.1, 0.15) is 31.2 Å². The molecule has 3 aliphatic rings. The first-order valence-corrected chi connectivity index (χ1v) is 16.4. The summed E-state index contributed by atoms with van der Waals surface area (Å²) in [6.45, 7) is 11.8. The zero-order valence-corrected chi connectivity index (χ0v) is 26.9. The van der Waals surface area contributed by atoms with Gasteiger partial charge in [0.05, 0.1) is 4.91 Å². The lowest BCUT2D eigenvalue weighted by molar-refractivity contribution is -1.08. The number of hydrogen-bond donors (Lipinski definition) is 2. The Hall–Kier alpha value is -3.75. The van der Waals surface area contributed by atoms with Gasteiger partial charge in [0.25, 0.3) is 5.91 Å². The molecule has 0 saturated carbocycles. The number of likely N-dealkylation sites (tertiary alicyclic amines) is 1. The zero-order chi connectivity index (χ0) is 30.9. The third kappa shape index (κ3) is 6.37. The van der Waals surface area contributed by atoms with Crippen LogP contribution in [0.1, 0.15) is 66.0 Å². The van der Waals surface area contributed by atoms with Gasteiger partial charge < -0.3 is 19.6 Å². The lowest BCUT2D eigenvalue weighted by atomic mass is 9.86. The van der Waals surface area contributed by atoms with Crippen molar-refractivity contribution in [2.45, 2.75) is 72.0 Å². The summed E-state index contributed by atoms with van der Waals surface area (Å²) in [7, 11) is 0. The monoisotopic (exact) mass is 612 g/mol. The van der Waals surface area contributed by atoms with Crippen molar-refractivity contribution in [1.82, 2.24) is 5.32 Å². The Morgan fingerprint density at radius 1 is 1.02 bits per heavy atom. The highest BCUT2D eigenvalue weighted by Crippen LogP contribution is 2.45. The number of benzene rings is 3. The predicted octanol–water partition coefficient (Wildman–Crippen LogP) is 7.41. The minimum absolute atomic E-state index is 0.158. The molecule has 2 N–H and O–H groups in total. The first-order valence-electron chi connectivity index (χ1n) is 15.6. The van der Waals surface area contributed by atoms with Gasteiger partial charge in [-0.15, -0.1) is 4.65 Å². The Balaban J connectivity index is 1.23. The average Bonchev–Trinajstić information content (AvgIpc) is 3.32. The van der Waals surface area contributed by atoms with Crippen molar-refractivity contribution < 1.29 is 23.8 Å². The minimum Gasteiger partial charge on any atom is -0.488 e. The Labute approximate surface area is 264 Å². The lowest BCUT2D eigenvalue weighted by Crippen LogP contribution is -2.62. The van der Waals surface area contributed by atoms with Crippen LogP contribution in [-0.4, -0.2) is 41.0 Å². The number of nitrogens with one attached hydrogen (secondary N) is 2. The molecule has 8 heteroatoms. The Morgan fingerprint density at radius 2 is 1.80 bits per heavy atom. The summed E-state index contributed by atoms with van der Waals surface area (Å²) in [5.74, 6) is 2.52. The molecule has 1 atom stereocenters. The third-order valence-corrected chi connectivity index (χ3v) is 9.99. The van der Waals surface area contributed by atoms with Gasteiger partial charge in [0.15, 0.2) is 23.1 Å². The fourth-order valence-electron chi connectivity index (χ4n) is 6.80. The van der Waals surface area contributed by atoms with Gasteiger partial charge in [0, 0.05) is 18.4 Å². The van der Waals surface area contributed by atoms with Crippen molar-refractivity contribution in [2.75, 3.05) is 19.6 Å². The summed E-state index contributed by atoms with van der Waals surface area (Å²) in [5.41, 5.74) is 6.36. The molecule has 44 heavy (non-hydrogen) atoms. The van der Waals surface area contributed by atoms with Crippen molar-refractivity contribution >= 4 is 28.9 Å². The molecule has 0 spiro atoms. The number of hydrogen-bond acceptors (Lipinski definition) is 6. The van der Waals surface area contributed by atoms with Gasteiger partial charge in [0.2, 0.25) is 0 Å². The van der Waals surface area contributed by atoms with Gasteiger partial charge in [-0.3, -0.25) is 10.2 Å². The fourth-order valence-corrected chi connectivity index (χ4v) is 7.50. The molecule has 1 unspecified atom stereocenters. The molecular formula is C36H42N3O4S+. The quantitative estimate of drug-likeness (QED) is 0.205. The van der Waals surface area contributed by atoms with E-state index in [0.29, 0.717) is 16.2 Å². The summed E-state index contributed by atoms with van der Waals surface area (Å²) in [4.78, 5) is 19.6. The van der Waals surface area contributed by atoms with Gasteiger partial charge in [-0.25, -0.2) is 0 Å². The van der Waals surface area contributed by atoms with Crippen molar-refractivity contribution in [3.8, 4) is 17.2 Å². The molecule has 0 aromatic heterocycles. The van der Waals surface area contributed by atoms with Crippen LogP contribution in [-0.2, 0) is 17.8 Å².